The first-order valence-electron chi connectivity index (χ1n) is 13.1. The normalized spacial score (nSPS) is 13.1. The fourth-order valence-corrected chi connectivity index (χ4v) is 4.89. The van der Waals surface area contributed by atoms with Crippen molar-refractivity contribution in [2.24, 2.45) is 5.92 Å². The Morgan fingerprint density at radius 1 is 1.13 bits per heavy atom. The molecule has 38 heavy (non-hydrogen) atoms. The van der Waals surface area contributed by atoms with E-state index in [-0.39, 0.29) is 24.4 Å². The summed E-state index contributed by atoms with van der Waals surface area (Å²) in [4.78, 5) is 17.8. The number of nitrogens with zero attached hydrogens (tertiary/aromatic N) is 2. The van der Waals surface area contributed by atoms with Crippen LogP contribution in [0.3, 0.4) is 0 Å². The van der Waals surface area contributed by atoms with Crippen LogP contribution in [0.25, 0.3) is 16.9 Å². The largest absolute Gasteiger partial charge is 0.489 e. The fourth-order valence-electron chi connectivity index (χ4n) is 4.66. The molecule has 0 saturated carbocycles. The molecule has 0 amide bonds. The van der Waals surface area contributed by atoms with Crippen LogP contribution in [-0.2, 0) is 6.42 Å². The Balaban J connectivity index is 1.46. The van der Waals surface area contributed by atoms with Gasteiger partial charge in [0.15, 0.2) is 5.78 Å². The molecule has 0 aliphatic rings. The highest BCUT2D eigenvalue weighted by Crippen LogP contribution is 2.29. The third-order valence-corrected chi connectivity index (χ3v) is 6.96. The Morgan fingerprint density at radius 3 is 2.55 bits per heavy atom. The van der Waals surface area contributed by atoms with E-state index in [1.54, 1.807) is 18.2 Å². The van der Waals surface area contributed by atoms with Gasteiger partial charge in [0.1, 0.15) is 11.4 Å². The summed E-state index contributed by atoms with van der Waals surface area (Å²) in [5.74, 6) is 0.554. The molecule has 0 fully saturated rings. The third-order valence-electron chi connectivity index (χ3n) is 6.66. The van der Waals surface area contributed by atoms with Crippen molar-refractivity contribution in [1.82, 2.24) is 9.38 Å². The SMILES string of the molecule is CCC(O)c1cccn2cc(-c3ccc(C[C@@H](CCO)CC(=O)c4ccc(OC(C)C)c(Cl)c4)cc3)nc12. The minimum Gasteiger partial charge on any atom is -0.489 e. The number of rotatable bonds is 12. The van der Waals surface area contributed by atoms with Crippen molar-refractivity contribution in [3.8, 4) is 17.0 Å². The molecule has 0 saturated heterocycles. The number of hydrogen-bond acceptors (Lipinski definition) is 5. The van der Waals surface area contributed by atoms with Crippen molar-refractivity contribution >= 4 is 23.0 Å². The monoisotopic (exact) mass is 534 g/mol. The fraction of sp³-hybridized carbons (Fsp3) is 0.355. The summed E-state index contributed by atoms with van der Waals surface area (Å²) in [5, 5.41) is 20.4. The molecule has 0 bridgehead atoms. The van der Waals surface area contributed by atoms with Crippen molar-refractivity contribution in [3.05, 3.63) is 88.7 Å². The minimum absolute atomic E-state index is 0.00278. The number of ketones is 1. The van der Waals surface area contributed by atoms with E-state index in [0.717, 1.165) is 28.0 Å². The third kappa shape index (κ3) is 6.62. The molecule has 0 radical (unpaired) electrons. The molecule has 0 spiro atoms. The zero-order chi connectivity index (χ0) is 27.2. The number of carbonyl (C=O) groups excluding carboxylic acids is 1. The molecule has 6 nitrogen and oxygen atoms in total. The van der Waals surface area contributed by atoms with Crippen LogP contribution in [-0.4, -0.2) is 38.1 Å². The highest BCUT2D eigenvalue weighted by Gasteiger charge is 2.18. The number of fused-ring (bicyclic) bond motifs is 1. The van der Waals surface area contributed by atoms with Crippen molar-refractivity contribution in [2.75, 3.05) is 6.61 Å². The lowest BCUT2D eigenvalue weighted by molar-refractivity contribution is 0.0953. The van der Waals surface area contributed by atoms with Gasteiger partial charge in [0.2, 0.25) is 0 Å². The molecule has 2 heterocycles. The summed E-state index contributed by atoms with van der Waals surface area (Å²) in [6, 6.07) is 17.1. The van der Waals surface area contributed by atoms with Crippen LogP contribution in [0.15, 0.2) is 67.0 Å². The second kappa shape index (κ2) is 12.6. The number of aliphatic hydroxyl groups is 2. The molecule has 200 valence electrons. The van der Waals surface area contributed by atoms with Crippen molar-refractivity contribution < 1.29 is 19.7 Å². The van der Waals surface area contributed by atoms with Crippen LogP contribution in [0.5, 0.6) is 5.75 Å². The van der Waals surface area contributed by atoms with Crippen LogP contribution in [0.4, 0.5) is 0 Å². The van der Waals surface area contributed by atoms with Gasteiger partial charge in [0.25, 0.3) is 0 Å². The maximum absolute atomic E-state index is 13.0. The molecular formula is C31H35ClN2O4. The Labute approximate surface area is 228 Å². The number of halogens is 1. The lowest BCUT2D eigenvalue weighted by Gasteiger charge is -2.16. The van der Waals surface area contributed by atoms with E-state index in [4.69, 9.17) is 21.3 Å². The summed E-state index contributed by atoms with van der Waals surface area (Å²) >= 11 is 6.33. The van der Waals surface area contributed by atoms with Gasteiger partial charge in [0.05, 0.1) is 22.9 Å². The Kier molecular flexibility index (Phi) is 9.21. The van der Waals surface area contributed by atoms with Gasteiger partial charge in [-0.3, -0.25) is 4.79 Å². The Morgan fingerprint density at radius 2 is 1.89 bits per heavy atom. The number of benzene rings is 2. The number of pyridine rings is 1. The van der Waals surface area contributed by atoms with E-state index in [2.05, 4.69) is 0 Å². The Bertz CT molecular complexity index is 1380. The van der Waals surface area contributed by atoms with Crippen LogP contribution in [0.2, 0.25) is 5.02 Å². The standard InChI is InChI=1S/C31H35ClN2O4/c1-4-28(36)25-6-5-14-34-19-27(33-31(25)34)23-9-7-21(8-10-23)16-22(13-15-35)17-29(37)24-11-12-30(26(32)18-24)38-20(2)3/h5-12,14,18-20,22,28,35-36H,4,13,15-17H2,1-3H3/t22-,28?/m1/s1. The van der Waals surface area contributed by atoms with E-state index < -0.39 is 6.10 Å². The number of ether oxygens (including phenoxy) is 1. The zero-order valence-corrected chi connectivity index (χ0v) is 22.9. The number of aliphatic hydroxyl groups excluding tert-OH is 2. The van der Waals surface area contributed by atoms with E-state index in [1.807, 2.05) is 74.0 Å². The Hall–Kier alpha value is -3.19. The van der Waals surface area contributed by atoms with Crippen molar-refractivity contribution in [3.63, 3.8) is 0 Å². The quantitative estimate of drug-likeness (QED) is 0.198. The smallest absolute Gasteiger partial charge is 0.163 e. The molecule has 2 atom stereocenters. The maximum atomic E-state index is 13.0. The minimum atomic E-state index is -0.551. The van der Waals surface area contributed by atoms with E-state index in [1.165, 1.54) is 0 Å². The number of Topliss-reactive ketones (excluding diaryl/α,β-unsaturated/α-hetero) is 1. The maximum Gasteiger partial charge on any atom is 0.163 e. The zero-order valence-electron chi connectivity index (χ0n) is 22.1. The van der Waals surface area contributed by atoms with Gasteiger partial charge in [-0.25, -0.2) is 4.98 Å². The van der Waals surface area contributed by atoms with Crippen LogP contribution < -0.4 is 4.74 Å². The topological polar surface area (TPSA) is 84.1 Å². The molecular weight excluding hydrogens is 500 g/mol. The first kappa shape index (κ1) is 27.8. The van der Waals surface area contributed by atoms with Crippen molar-refractivity contribution in [1.29, 1.82) is 0 Å². The molecule has 0 aliphatic carbocycles. The second-order valence-corrected chi connectivity index (χ2v) is 10.4. The second-order valence-electron chi connectivity index (χ2n) is 9.96. The average Bonchev–Trinajstić information content (AvgIpc) is 3.34. The summed E-state index contributed by atoms with van der Waals surface area (Å²) in [7, 11) is 0. The molecule has 4 rings (SSSR count). The first-order valence-corrected chi connectivity index (χ1v) is 13.5. The van der Waals surface area contributed by atoms with Crippen molar-refractivity contribution in [2.45, 2.75) is 58.7 Å². The summed E-state index contributed by atoms with van der Waals surface area (Å²) in [6.07, 6.45) is 5.49. The predicted molar refractivity (Wildman–Crippen MR) is 151 cm³/mol. The van der Waals surface area contributed by atoms with Gasteiger partial charge in [0, 0.05) is 42.1 Å². The lowest BCUT2D eigenvalue weighted by Crippen LogP contribution is -2.13. The van der Waals surface area contributed by atoms with E-state index >= 15 is 0 Å². The molecule has 2 aromatic heterocycles. The van der Waals surface area contributed by atoms with Gasteiger partial charge in [-0.05, 0) is 68.9 Å². The highest BCUT2D eigenvalue weighted by molar-refractivity contribution is 6.32. The first-order chi connectivity index (χ1) is 18.3. The van der Waals surface area contributed by atoms with Crippen LogP contribution in [0.1, 0.15) is 67.6 Å². The van der Waals surface area contributed by atoms with Gasteiger partial charge >= 0.3 is 0 Å². The van der Waals surface area contributed by atoms with Gasteiger partial charge < -0.3 is 19.4 Å². The van der Waals surface area contributed by atoms with Gasteiger partial charge in [-0.2, -0.15) is 0 Å². The predicted octanol–water partition coefficient (Wildman–Crippen LogP) is 6.70. The molecule has 2 N–H and O–H groups in total. The highest BCUT2D eigenvalue weighted by atomic mass is 35.5. The van der Waals surface area contributed by atoms with Gasteiger partial charge in [-0.15, -0.1) is 0 Å². The summed E-state index contributed by atoms with van der Waals surface area (Å²) in [6.45, 7) is 5.81. The summed E-state index contributed by atoms with van der Waals surface area (Å²) < 4.78 is 7.60. The molecule has 7 heteroatoms. The molecule has 1 unspecified atom stereocenters. The number of aromatic nitrogens is 2. The van der Waals surface area contributed by atoms with Gasteiger partial charge in [-0.1, -0.05) is 48.9 Å². The molecule has 4 aromatic rings. The number of carbonyl (C=O) groups is 1. The van der Waals surface area contributed by atoms with Crippen LogP contribution in [0, 0.1) is 5.92 Å². The van der Waals surface area contributed by atoms with Crippen LogP contribution >= 0.6 is 11.6 Å². The molecule has 2 aromatic carbocycles. The van der Waals surface area contributed by atoms with E-state index in [9.17, 15) is 15.0 Å². The average molecular weight is 535 g/mol. The summed E-state index contributed by atoms with van der Waals surface area (Å²) in [5.41, 5.74) is 5.01. The number of hydrogen-bond donors (Lipinski definition) is 2. The lowest BCUT2D eigenvalue weighted by atomic mass is 9.89. The molecule has 0 aliphatic heterocycles. The van der Waals surface area contributed by atoms with E-state index in [0.29, 0.717) is 42.0 Å². The number of imidazole rings is 1.